The Morgan fingerprint density at radius 1 is 1.43 bits per heavy atom. The third-order valence-corrected chi connectivity index (χ3v) is 3.00. The van der Waals surface area contributed by atoms with Gasteiger partial charge in [-0.15, -0.1) is 0 Å². The summed E-state index contributed by atoms with van der Waals surface area (Å²) in [5.74, 6) is -0.499. The van der Waals surface area contributed by atoms with Crippen LogP contribution in [-0.4, -0.2) is 20.9 Å². The van der Waals surface area contributed by atoms with Crippen LogP contribution < -0.4 is 5.32 Å². The van der Waals surface area contributed by atoms with Crippen LogP contribution in [0.2, 0.25) is 0 Å². The molecule has 0 saturated carbocycles. The van der Waals surface area contributed by atoms with E-state index in [2.05, 4.69) is 10.3 Å². The number of benzene rings is 1. The second kappa shape index (κ2) is 6.10. The summed E-state index contributed by atoms with van der Waals surface area (Å²) in [6, 6.07) is 5.82. The molecule has 0 bridgehead atoms. The first-order valence-electron chi connectivity index (χ1n) is 6.13. The predicted octanol–water partition coefficient (Wildman–Crippen LogP) is 2.04. The van der Waals surface area contributed by atoms with Crippen LogP contribution >= 0.6 is 0 Å². The lowest BCUT2D eigenvalue weighted by Crippen LogP contribution is -2.14. The number of aliphatic hydroxyl groups excluding tert-OH is 1. The summed E-state index contributed by atoms with van der Waals surface area (Å²) >= 11 is 0. The number of aromatic nitrogens is 1. The summed E-state index contributed by atoms with van der Waals surface area (Å²) in [6.45, 7) is 1.36. The monoisotopic (exact) mass is 287 g/mol. The zero-order chi connectivity index (χ0) is 15.4. The van der Waals surface area contributed by atoms with Gasteiger partial charge in [0.2, 0.25) is 0 Å². The molecule has 0 fully saturated rings. The Kier molecular flexibility index (Phi) is 4.24. The van der Waals surface area contributed by atoms with Crippen molar-refractivity contribution < 1.29 is 14.8 Å². The van der Waals surface area contributed by atoms with Gasteiger partial charge in [0.05, 0.1) is 23.4 Å². The van der Waals surface area contributed by atoms with Gasteiger partial charge in [-0.3, -0.25) is 19.9 Å². The fourth-order valence-electron chi connectivity index (χ4n) is 1.82. The van der Waals surface area contributed by atoms with Crippen molar-refractivity contribution in [1.82, 2.24) is 4.98 Å². The molecule has 7 heteroatoms. The zero-order valence-electron chi connectivity index (χ0n) is 11.2. The van der Waals surface area contributed by atoms with Gasteiger partial charge in [0.25, 0.3) is 11.6 Å². The molecular formula is C14H13N3O4. The Hall–Kier alpha value is -2.80. The summed E-state index contributed by atoms with van der Waals surface area (Å²) in [6.07, 6.45) is 2.91. The van der Waals surface area contributed by atoms with Crippen molar-refractivity contribution in [3.63, 3.8) is 0 Å². The van der Waals surface area contributed by atoms with Crippen molar-refractivity contribution in [2.24, 2.45) is 0 Å². The minimum Gasteiger partial charge on any atom is -0.392 e. The number of carbonyl (C=O) groups is 1. The van der Waals surface area contributed by atoms with Gasteiger partial charge in [-0.05, 0) is 19.1 Å². The van der Waals surface area contributed by atoms with Crippen molar-refractivity contribution in [2.45, 2.75) is 13.5 Å². The van der Waals surface area contributed by atoms with Crippen molar-refractivity contribution in [1.29, 1.82) is 0 Å². The van der Waals surface area contributed by atoms with Crippen LogP contribution in [-0.2, 0) is 6.61 Å². The molecule has 21 heavy (non-hydrogen) atoms. The lowest BCUT2D eigenvalue weighted by molar-refractivity contribution is -0.385. The van der Waals surface area contributed by atoms with E-state index < -0.39 is 10.8 Å². The first-order valence-corrected chi connectivity index (χ1v) is 6.13. The first-order chi connectivity index (χ1) is 10.0. The van der Waals surface area contributed by atoms with Crippen LogP contribution in [0.4, 0.5) is 11.4 Å². The first kappa shape index (κ1) is 14.6. The molecule has 0 aliphatic rings. The zero-order valence-corrected chi connectivity index (χ0v) is 11.2. The minimum atomic E-state index is -0.532. The average Bonchev–Trinajstić information content (AvgIpc) is 2.47. The van der Waals surface area contributed by atoms with Crippen molar-refractivity contribution in [3.8, 4) is 0 Å². The van der Waals surface area contributed by atoms with E-state index in [4.69, 9.17) is 0 Å². The van der Waals surface area contributed by atoms with Crippen LogP contribution in [0.5, 0.6) is 0 Å². The highest BCUT2D eigenvalue weighted by Gasteiger charge is 2.15. The lowest BCUT2D eigenvalue weighted by atomic mass is 10.1. The van der Waals surface area contributed by atoms with Crippen molar-refractivity contribution >= 4 is 17.3 Å². The molecule has 1 heterocycles. The Labute approximate surface area is 120 Å². The van der Waals surface area contributed by atoms with Gasteiger partial charge in [0.15, 0.2) is 0 Å². The Bertz CT molecular complexity index is 700. The van der Waals surface area contributed by atoms with E-state index in [1.807, 2.05) is 0 Å². The molecule has 108 valence electrons. The molecule has 1 aromatic carbocycles. The number of aliphatic hydroxyl groups is 1. The maximum absolute atomic E-state index is 12.1. The number of pyridine rings is 1. The molecule has 0 saturated heterocycles. The molecule has 0 spiro atoms. The molecule has 1 amide bonds. The lowest BCUT2D eigenvalue weighted by Gasteiger charge is -2.09. The molecule has 0 aliphatic heterocycles. The third-order valence-electron chi connectivity index (χ3n) is 3.00. The average molecular weight is 287 g/mol. The summed E-state index contributed by atoms with van der Waals surface area (Å²) < 4.78 is 0. The number of nitrogens with one attached hydrogen (secondary N) is 1. The number of rotatable bonds is 4. The Balaban J connectivity index is 2.29. The van der Waals surface area contributed by atoms with E-state index in [1.165, 1.54) is 30.6 Å². The van der Waals surface area contributed by atoms with E-state index in [0.717, 1.165) is 0 Å². The number of nitro groups is 1. The van der Waals surface area contributed by atoms with E-state index >= 15 is 0 Å². The number of aryl methyl sites for hydroxylation is 1. The normalized spacial score (nSPS) is 10.2. The molecule has 2 N–H and O–H groups in total. The SMILES string of the molecule is Cc1ccc(C(=O)Nc2cnccc2CO)cc1[N+](=O)[O-]. The summed E-state index contributed by atoms with van der Waals surface area (Å²) in [4.78, 5) is 26.3. The second-order valence-electron chi connectivity index (χ2n) is 4.40. The summed E-state index contributed by atoms with van der Waals surface area (Å²) in [5.41, 5.74) is 1.42. The summed E-state index contributed by atoms with van der Waals surface area (Å²) in [5, 5.41) is 22.7. The predicted molar refractivity (Wildman–Crippen MR) is 75.9 cm³/mol. The van der Waals surface area contributed by atoms with Gasteiger partial charge in [0, 0.05) is 29.0 Å². The van der Waals surface area contributed by atoms with Gasteiger partial charge in [-0.2, -0.15) is 0 Å². The molecule has 0 atom stereocenters. The number of hydrogen-bond donors (Lipinski definition) is 2. The summed E-state index contributed by atoms with van der Waals surface area (Å²) in [7, 11) is 0. The van der Waals surface area contributed by atoms with Gasteiger partial charge in [0.1, 0.15) is 0 Å². The quantitative estimate of drug-likeness (QED) is 0.661. The highest BCUT2D eigenvalue weighted by atomic mass is 16.6. The van der Waals surface area contributed by atoms with E-state index in [1.54, 1.807) is 13.0 Å². The molecule has 7 nitrogen and oxygen atoms in total. The van der Waals surface area contributed by atoms with E-state index in [9.17, 15) is 20.0 Å². The van der Waals surface area contributed by atoms with E-state index in [0.29, 0.717) is 16.8 Å². The fraction of sp³-hybridized carbons (Fsp3) is 0.143. The molecule has 1 aromatic heterocycles. The number of nitrogens with zero attached hydrogens (tertiary/aromatic N) is 2. The molecule has 0 aliphatic carbocycles. The van der Waals surface area contributed by atoms with Gasteiger partial charge in [-0.1, -0.05) is 6.07 Å². The standard InChI is InChI=1S/C14H13N3O4/c1-9-2-3-10(6-13(9)17(20)21)14(19)16-12-7-15-5-4-11(12)8-18/h2-7,18H,8H2,1H3,(H,16,19). The third kappa shape index (κ3) is 3.21. The van der Waals surface area contributed by atoms with Crippen LogP contribution in [0.3, 0.4) is 0 Å². The fourth-order valence-corrected chi connectivity index (χ4v) is 1.82. The van der Waals surface area contributed by atoms with Gasteiger partial charge >= 0.3 is 0 Å². The van der Waals surface area contributed by atoms with Crippen LogP contribution in [0.1, 0.15) is 21.5 Å². The van der Waals surface area contributed by atoms with Gasteiger partial charge in [-0.25, -0.2) is 0 Å². The highest BCUT2D eigenvalue weighted by molar-refractivity contribution is 6.05. The topological polar surface area (TPSA) is 105 Å². The molecule has 0 radical (unpaired) electrons. The van der Waals surface area contributed by atoms with Crippen LogP contribution in [0.25, 0.3) is 0 Å². The highest BCUT2D eigenvalue weighted by Crippen LogP contribution is 2.21. The van der Waals surface area contributed by atoms with Crippen LogP contribution in [0.15, 0.2) is 36.7 Å². The molecule has 2 aromatic rings. The number of carbonyl (C=O) groups excluding carboxylic acids is 1. The van der Waals surface area contributed by atoms with Crippen molar-refractivity contribution in [2.75, 3.05) is 5.32 Å². The Morgan fingerprint density at radius 3 is 2.86 bits per heavy atom. The smallest absolute Gasteiger partial charge is 0.273 e. The van der Waals surface area contributed by atoms with Crippen molar-refractivity contribution in [3.05, 3.63) is 63.5 Å². The second-order valence-corrected chi connectivity index (χ2v) is 4.40. The van der Waals surface area contributed by atoms with E-state index in [-0.39, 0.29) is 17.9 Å². The largest absolute Gasteiger partial charge is 0.392 e. The Morgan fingerprint density at radius 2 is 2.19 bits per heavy atom. The maximum atomic E-state index is 12.1. The number of nitro benzene ring substituents is 1. The van der Waals surface area contributed by atoms with Gasteiger partial charge < -0.3 is 10.4 Å². The number of hydrogen-bond acceptors (Lipinski definition) is 5. The van der Waals surface area contributed by atoms with Crippen LogP contribution in [0, 0.1) is 17.0 Å². The maximum Gasteiger partial charge on any atom is 0.273 e. The minimum absolute atomic E-state index is 0.115. The molecule has 0 unspecified atom stereocenters. The number of anilines is 1. The number of amides is 1. The molecule has 2 rings (SSSR count). The molecular weight excluding hydrogens is 274 g/mol.